The number of aromatic nitrogens is 1. The molecular formula is C13H9F2NO2. The van der Waals surface area contributed by atoms with E-state index in [-0.39, 0.29) is 12.0 Å². The average Bonchev–Trinajstić information content (AvgIpc) is 2.27. The molecule has 5 heteroatoms. The van der Waals surface area contributed by atoms with Crippen molar-refractivity contribution in [2.24, 2.45) is 0 Å². The summed E-state index contributed by atoms with van der Waals surface area (Å²) in [5, 5.41) is 8.66. The zero-order chi connectivity index (χ0) is 13.1. The van der Waals surface area contributed by atoms with E-state index in [2.05, 4.69) is 4.98 Å². The Hall–Kier alpha value is -2.30. The van der Waals surface area contributed by atoms with Gasteiger partial charge < -0.3 is 5.11 Å². The molecular weight excluding hydrogens is 240 g/mol. The van der Waals surface area contributed by atoms with E-state index >= 15 is 0 Å². The predicted octanol–water partition coefficient (Wildman–Crippen LogP) is 2.65. The number of aliphatic carboxylic acids is 1. The first kappa shape index (κ1) is 12.2. The van der Waals surface area contributed by atoms with Gasteiger partial charge in [-0.1, -0.05) is 6.07 Å². The fraction of sp³-hybridized carbons (Fsp3) is 0.0769. The van der Waals surface area contributed by atoms with Gasteiger partial charge in [0.1, 0.15) is 11.6 Å². The minimum Gasteiger partial charge on any atom is -0.481 e. The molecule has 0 radical (unpaired) electrons. The van der Waals surface area contributed by atoms with E-state index in [1.807, 2.05) is 0 Å². The van der Waals surface area contributed by atoms with Crippen LogP contribution in [0.15, 0.2) is 36.4 Å². The van der Waals surface area contributed by atoms with Crippen molar-refractivity contribution >= 4 is 5.97 Å². The second kappa shape index (κ2) is 4.91. The minimum absolute atomic E-state index is 0.231. The Morgan fingerprint density at radius 1 is 1.17 bits per heavy atom. The van der Waals surface area contributed by atoms with Crippen molar-refractivity contribution in [3.63, 3.8) is 0 Å². The van der Waals surface area contributed by atoms with Crippen molar-refractivity contribution in [1.29, 1.82) is 0 Å². The standard InChI is InChI=1S/C13H9F2NO2/c14-9-4-8(5-10(15)6-9)12-3-1-2-11(16-12)7-13(17)18/h1-6H,7H2,(H,17,18). The molecule has 18 heavy (non-hydrogen) atoms. The molecule has 0 amide bonds. The topological polar surface area (TPSA) is 50.2 Å². The van der Waals surface area contributed by atoms with E-state index in [1.54, 1.807) is 18.2 Å². The van der Waals surface area contributed by atoms with Gasteiger partial charge in [-0.05, 0) is 24.3 Å². The average molecular weight is 249 g/mol. The highest BCUT2D eigenvalue weighted by Crippen LogP contribution is 2.20. The molecule has 1 aromatic carbocycles. The number of halogens is 2. The lowest BCUT2D eigenvalue weighted by atomic mass is 10.1. The Labute approximate surface area is 102 Å². The van der Waals surface area contributed by atoms with Crippen LogP contribution in [0.1, 0.15) is 5.69 Å². The maximum Gasteiger partial charge on any atom is 0.309 e. The van der Waals surface area contributed by atoms with Crippen molar-refractivity contribution in [3.8, 4) is 11.3 Å². The van der Waals surface area contributed by atoms with Crippen molar-refractivity contribution in [1.82, 2.24) is 4.98 Å². The third-order valence-corrected chi connectivity index (χ3v) is 2.30. The van der Waals surface area contributed by atoms with Crippen LogP contribution in [0.5, 0.6) is 0 Å². The van der Waals surface area contributed by atoms with Gasteiger partial charge in [0.05, 0.1) is 17.8 Å². The molecule has 0 saturated carbocycles. The van der Waals surface area contributed by atoms with E-state index < -0.39 is 17.6 Å². The summed E-state index contributed by atoms with van der Waals surface area (Å²) >= 11 is 0. The molecule has 0 aliphatic carbocycles. The highest BCUT2D eigenvalue weighted by molar-refractivity contribution is 5.70. The number of carboxylic acid groups (broad SMARTS) is 1. The van der Waals surface area contributed by atoms with E-state index in [9.17, 15) is 13.6 Å². The second-order valence-electron chi connectivity index (χ2n) is 3.74. The summed E-state index contributed by atoms with van der Waals surface area (Å²) in [6.45, 7) is 0. The Bertz CT molecular complexity index is 579. The van der Waals surface area contributed by atoms with Crippen molar-refractivity contribution in [2.75, 3.05) is 0 Å². The first-order chi connectivity index (χ1) is 8.54. The van der Waals surface area contributed by atoms with Gasteiger partial charge in [-0.3, -0.25) is 9.78 Å². The smallest absolute Gasteiger partial charge is 0.309 e. The van der Waals surface area contributed by atoms with Crippen LogP contribution in [-0.4, -0.2) is 16.1 Å². The summed E-state index contributed by atoms with van der Waals surface area (Å²) in [6, 6.07) is 7.78. The molecule has 0 atom stereocenters. The van der Waals surface area contributed by atoms with E-state index in [4.69, 9.17) is 5.11 Å². The summed E-state index contributed by atoms with van der Waals surface area (Å²) in [5.74, 6) is -2.41. The molecule has 1 aromatic heterocycles. The molecule has 0 unspecified atom stereocenters. The van der Waals surface area contributed by atoms with Gasteiger partial charge in [0.25, 0.3) is 0 Å². The molecule has 0 aliphatic heterocycles. The molecule has 92 valence electrons. The maximum atomic E-state index is 13.1. The molecule has 0 spiro atoms. The Morgan fingerprint density at radius 2 is 1.83 bits per heavy atom. The van der Waals surface area contributed by atoms with Gasteiger partial charge in [0, 0.05) is 11.6 Å². The van der Waals surface area contributed by atoms with Crippen LogP contribution in [0.25, 0.3) is 11.3 Å². The Balaban J connectivity index is 2.41. The molecule has 2 aromatic rings. The summed E-state index contributed by atoms with van der Waals surface area (Å²) in [4.78, 5) is 14.6. The van der Waals surface area contributed by atoms with Crippen LogP contribution in [0, 0.1) is 11.6 Å². The van der Waals surface area contributed by atoms with Gasteiger partial charge in [-0.25, -0.2) is 8.78 Å². The molecule has 1 N–H and O–H groups in total. The fourth-order valence-electron chi connectivity index (χ4n) is 1.60. The van der Waals surface area contributed by atoms with Crippen LogP contribution in [-0.2, 0) is 11.2 Å². The van der Waals surface area contributed by atoms with Gasteiger partial charge in [0.2, 0.25) is 0 Å². The third-order valence-electron chi connectivity index (χ3n) is 2.30. The van der Waals surface area contributed by atoms with Crippen LogP contribution < -0.4 is 0 Å². The molecule has 0 aliphatic rings. The molecule has 0 fully saturated rings. The monoisotopic (exact) mass is 249 g/mol. The zero-order valence-corrected chi connectivity index (χ0v) is 9.23. The lowest BCUT2D eigenvalue weighted by Gasteiger charge is -2.04. The number of carbonyl (C=O) groups is 1. The molecule has 0 saturated heterocycles. The summed E-state index contributed by atoms with van der Waals surface area (Å²) in [6.07, 6.45) is -0.231. The van der Waals surface area contributed by atoms with Gasteiger partial charge in [-0.15, -0.1) is 0 Å². The Kier molecular flexibility index (Phi) is 3.32. The number of benzene rings is 1. The highest BCUT2D eigenvalue weighted by atomic mass is 19.1. The van der Waals surface area contributed by atoms with E-state index in [1.165, 1.54) is 0 Å². The zero-order valence-electron chi connectivity index (χ0n) is 9.23. The SMILES string of the molecule is O=C(O)Cc1cccc(-c2cc(F)cc(F)c2)n1. The quantitative estimate of drug-likeness (QED) is 0.909. The van der Waals surface area contributed by atoms with Crippen molar-refractivity contribution in [2.45, 2.75) is 6.42 Å². The lowest BCUT2D eigenvalue weighted by Crippen LogP contribution is -2.02. The number of rotatable bonds is 3. The molecule has 1 heterocycles. The third kappa shape index (κ3) is 2.88. The summed E-state index contributed by atoms with van der Waals surface area (Å²) < 4.78 is 26.1. The highest BCUT2D eigenvalue weighted by Gasteiger charge is 2.07. The summed E-state index contributed by atoms with van der Waals surface area (Å²) in [7, 11) is 0. The van der Waals surface area contributed by atoms with Gasteiger partial charge in [0.15, 0.2) is 0 Å². The lowest BCUT2D eigenvalue weighted by molar-refractivity contribution is -0.136. The number of hydrogen-bond acceptors (Lipinski definition) is 2. The van der Waals surface area contributed by atoms with Crippen LogP contribution in [0.2, 0.25) is 0 Å². The normalized spacial score (nSPS) is 10.3. The Morgan fingerprint density at radius 3 is 2.44 bits per heavy atom. The van der Waals surface area contributed by atoms with Crippen LogP contribution >= 0.6 is 0 Å². The minimum atomic E-state index is -1.01. The number of nitrogens with zero attached hydrogens (tertiary/aromatic N) is 1. The van der Waals surface area contributed by atoms with E-state index in [0.29, 0.717) is 11.4 Å². The van der Waals surface area contributed by atoms with Crippen molar-refractivity contribution in [3.05, 3.63) is 53.7 Å². The molecule has 0 bridgehead atoms. The van der Waals surface area contributed by atoms with Crippen molar-refractivity contribution < 1.29 is 18.7 Å². The fourth-order valence-corrected chi connectivity index (χ4v) is 1.60. The predicted molar refractivity (Wildman–Crippen MR) is 60.9 cm³/mol. The van der Waals surface area contributed by atoms with Gasteiger partial charge >= 0.3 is 5.97 Å². The first-order valence-electron chi connectivity index (χ1n) is 5.19. The van der Waals surface area contributed by atoms with E-state index in [0.717, 1.165) is 18.2 Å². The second-order valence-corrected chi connectivity index (χ2v) is 3.74. The number of carboxylic acids is 1. The first-order valence-corrected chi connectivity index (χ1v) is 5.19. The van der Waals surface area contributed by atoms with Crippen LogP contribution in [0.3, 0.4) is 0 Å². The number of hydrogen-bond donors (Lipinski definition) is 1. The van der Waals surface area contributed by atoms with Gasteiger partial charge in [-0.2, -0.15) is 0 Å². The largest absolute Gasteiger partial charge is 0.481 e. The molecule has 3 nitrogen and oxygen atoms in total. The maximum absolute atomic E-state index is 13.1. The van der Waals surface area contributed by atoms with Crippen LogP contribution in [0.4, 0.5) is 8.78 Å². The summed E-state index contributed by atoms with van der Waals surface area (Å²) in [5.41, 5.74) is 0.955. The molecule has 2 rings (SSSR count). The number of pyridine rings is 1.